The molecular formula is C23H25N5O4. The second kappa shape index (κ2) is 9.09. The van der Waals surface area contributed by atoms with Crippen molar-refractivity contribution >= 4 is 17.5 Å². The van der Waals surface area contributed by atoms with E-state index in [1.807, 2.05) is 24.3 Å². The fraction of sp³-hybridized carbons (Fsp3) is 0.304. The number of benzene rings is 2. The Hall–Kier alpha value is -3.88. The molecule has 2 amide bonds. The van der Waals surface area contributed by atoms with Gasteiger partial charge in [0, 0.05) is 18.3 Å². The number of rotatable bonds is 6. The predicted octanol–water partition coefficient (Wildman–Crippen LogP) is 2.84. The van der Waals surface area contributed by atoms with Crippen molar-refractivity contribution in [1.82, 2.24) is 19.9 Å². The number of anilines is 1. The van der Waals surface area contributed by atoms with Crippen LogP contribution in [0.3, 0.4) is 0 Å². The van der Waals surface area contributed by atoms with E-state index in [4.69, 9.17) is 9.47 Å². The van der Waals surface area contributed by atoms with E-state index >= 15 is 0 Å². The fourth-order valence-corrected chi connectivity index (χ4v) is 3.83. The van der Waals surface area contributed by atoms with Gasteiger partial charge < -0.3 is 19.7 Å². The highest BCUT2D eigenvalue weighted by Crippen LogP contribution is 2.24. The molecule has 1 aliphatic rings. The Balaban J connectivity index is 1.52. The van der Waals surface area contributed by atoms with E-state index in [1.54, 1.807) is 55.0 Å². The molecule has 3 aromatic rings. The van der Waals surface area contributed by atoms with Crippen LogP contribution in [0, 0.1) is 6.92 Å². The first-order valence-corrected chi connectivity index (χ1v) is 10.3. The molecule has 1 aromatic heterocycles. The van der Waals surface area contributed by atoms with Crippen LogP contribution in [-0.2, 0) is 4.79 Å². The summed E-state index contributed by atoms with van der Waals surface area (Å²) in [5.41, 5.74) is 2.22. The van der Waals surface area contributed by atoms with Crippen LogP contribution in [0.2, 0.25) is 0 Å². The van der Waals surface area contributed by atoms with Crippen molar-refractivity contribution in [3.63, 3.8) is 0 Å². The topological polar surface area (TPSA) is 98.6 Å². The largest absolute Gasteiger partial charge is 0.497 e. The Kier molecular flexibility index (Phi) is 6.07. The van der Waals surface area contributed by atoms with Gasteiger partial charge in [-0.2, -0.15) is 0 Å². The number of carbonyl (C=O) groups is 2. The van der Waals surface area contributed by atoms with Crippen molar-refractivity contribution in [2.24, 2.45) is 0 Å². The van der Waals surface area contributed by atoms with Crippen molar-refractivity contribution in [1.29, 1.82) is 0 Å². The lowest BCUT2D eigenvalue weighted by Gasteiger charge is -2.23. The first-order chi connectivity index (χ1) is 15.5. The molecule has 166 valence electrons. The molecule has 1 N–H and O–H groups in total. The number of carbonyl (C=O) groups excluding carboxylic acids is 2. The van der Waals surface area contributed by atoms with Crippen LogP contribution in [0.1, 0.15) is 29.0 Å². The van der Waals surface area contributed by atoms with Gasteiger partial charge in [0.25, 0.3) is 5.91 Å². The van der Waals surface area contributed by atoms with Gasteiger partial charge in [0.1, 0.15) is 17.5 Å². The zero-order chi connectivity index (χ0) is 22.7. The SMILES string of the molecule is COc1ccc(NC(=O)C2CCCN2C(=O)c2nnn(-c3cccc(OC)c3)c2C)cc1. The van der Waals surface area contributed by atoms with Gasteiger partial charge in [-0.15, -0.1) is 5.10 Å². The van der Waals surface area contributed by atoms with Crippen LogP contribution >= 0.6 is 0 Å². The molecule has 0 saturated carbocycles. The number of nitrogens with zero attached hydrogens (tertiary/aromatic N) is 4. The maximum Gasteiger partial charge on any atom is 0.277 e. The molecule has 0 radical (unpaired) electrons. The standard InChI is InChI=1S/C23H25N5O4/c1-15-21(25-26-28(15)17-6-4-7-19(14-17)32-3)23(30)27-13-5-8-20(27)22(29)24-16-9-11-18(31-2)12-10-16/h4,6-7,9-12,14,20H,5,8,13H2,1-3H3,(H,24,29). The summed E-state index contributed by atoms with van der Waals surface area (Å²) in [5, 5.41) is 11.2. The molecule has 32 heavy (non-hydrogen) atoms. The van der Waals surface area contributed by atoms with Gasteiger partial charge in [0.15, 0.2) is 5.69 Å². The van der Waals surface area contributed by atoms with Gasteiger partial charge in [-0.25, -0.2) is 4.68 Å². The Morgan fingerprint density at radius 2 is 1.81 bits per heavy atom. The average molecular weight is 435 g/mol. The van der Waals surface area contributed by atoms with Crippen LogP contribution < -0.4 is 14.8 Å². The first kappa shape index (κ1) is 21.4. The number of hydrogen-bond donors (Lipinski definition) is 1. The maximum absolute atomic E-state index is 13.3. The van der Waals surface area contributed by atoms with Crippen LogP contribution in [0.15, 0.2) is 48.5 Å². The summed E-state index contributed by atoms with van der Waals surface area (Å²) < 4.78 is 12.0. The third-order valence-electron chi connectivity index (χ3n) is 5.57. The molecule has 1 fully saturated rings. The van der Waals surface area contributed by atoms with E-state index < -0.39 is 6.04 Å². The van der Waals surface area contributed by atoms with Crippen molar-refractivity contribution in [3.8, 4) is 17.2 Å². The zero-order valence-electron chi connectivity index (χ0n) is 18.2. The highest BCUT2D eigenvalue weighted by molar-refractivity contribution is 6.01. The molecule has 0 bridgehead atoms. The van der Waals surface area contributed by atoms with Gasteiger partial charge in [-0.3, -0.25) is 9.59 Å². The van der Waals surface area contributed by atoms with Crippen LogP contribution in [0.4, 0.5) is 5.69 Å². The van der Waals surface area contributed by atoms with E-state index in [1.165, 1.54) is 0 Å². The Morgan fingerprint density at radius 3 is 2.53 bits per heavy atom. The Morgan fingerprint density at radius 1 is 1.06 bits per heavy atom. The molecule has 1 unspecified atom stereocenters. The van der Waals surface area contributed by atoms with Gasteiger partial charge in [-0.1, -0.05) is 11.3 Å². The number of aromatic nitrogens is 3. The fourth-order valence-electron chi connectivity index (χ4n) is 3.83. The summed E-state index contributed by atoms with van der Waals surface area (Å²) >= 11 is 0. The molecule has 4 rings (SSSR count). The number of hydrogen-bond acceptors (Lipinski definition) is 6. The van der Waals surface area contributed by atoms with Crippen LogP contribution in [0.5, 0.6) is 11.5 Å². The second-order valence-electron chi connectivity index (χ2n) is 7.51. The van der Waals surface area contributed by atoms with Crippen LogP contribution in [0.25, 0.3) is 5.69 Å². The highest BCUT2D eigenvalue weighted by atomic mass is 16.5. The maximum atomic E-state index is 13.3. The summed E-state index contributed by atoms with van der Waals surface area (Å²) in [5.74, 6) is 0.859. The molecule has 1 aliphatic heterocycles. The number of ether oxygens (including phenoxy) is 2. The minimum Gasteiger partial charge on any atom is -0.497 e. The molecule has 1 saturated heterocycles. The number of methoxy groups -OCH3 is 2. The van der Waals surface area contributed by atoms with Gasteiger partial charge >= 0.3 is 0 Å². The van der Waals surface area contributed by atoms with Gasteiger partial charge in [-0.05, 0) is 56.2 Å². The summed E-state index contributed by atoms with van der Waals surface area (Å²) in [7, 11) is 3.18. The second-order valence-corrected chi connectivity index (χ2v) is 7.51. The lowest BCUT2D eigenvalue weighted by molar-refractivity contribution is -0.119. The average Bonchev–Trinajstić information content (AvgIpc) is 3.46. The van der Waals surface area contributed by atoms with E-state index in [0.717, 1.165) is 12.1 Å². The van der Waals surface area contributed by atoms with E-state index in [0.29, 0.717) is 35.8 Å². The minimum absolute atomic E-state index is 0.223. The summed E-state index contributed by atoms with van der Waals surface area (Å²) in [6, 6.07) is 13.9. The Labute approximate surface area is 185 Å². The number of amides is 2. The van der Waals surface area contributed by atoms with Crippen LogP contribution in [-0.4, -0.2) is 58.5 Å². The molecule has 9 heteroatoms. The van der Waals surface area contributed by atoms with E-state index in [2.05, 4.69) is 15.6 Å². The smallest absolute Gasteiger partial charge is 0.277 e. The molecule has 2 aromatic carbocycles. The van der Waals surface area contributed by atoms with Gasteiger partial charge in [0.2, 0.25) is 5.91 Å². The molecule has 9 nitrogen and oxygen atoms in total. The number of likely N-dealkylation sites (tertiary alicyclic amines) is 1. The lowest BCUT2D eigenvalue weighted by Crippen LogP contribution is -2.43. The zero-order valence-corrected chi connectivity index (χ0v) is 18.2. The van der Waals surface area contributed by atoms with Crippen molar-refractivity contribution < 1.29 is 19.1 Å². The summed E-state index contributed by atoms with van der Waals surface area (Å²) in [4.78, 5) is 27.8. The third-order valence-corrected chi connectivity index (χ3v) is 5.57. The lowest BCUT2D eigenvalue weighted by atomic mass is 10.2. The molecular weight excluding hydrogens is 410 g/mol. The molecule has 0 aliphatic carbocycles. The third kappa shape index (κ3) is 4.14. The number of nitrogens with one attached hydrogen (secondary N) is 1. The predicted molar refractivity (Wildman–Crippen MR) is 118 cm³/mol. The van der Waals surface area contributed by atoms with Crippen molar-refractivity contribution in [3.05, 3.63) is 59.9 Å². The van der Waals surface area contributed by atoms with E-state index in [-0.39, 0.29) is 17.5 Å². The quantitative estimate of drug-likeness (QED) is 0.639. The molecule has 2 heterocycles. The summed E-state index contributed by atoms with van der Waals surface area (Å²) in [6.07, 6.45) is 1.34. The monoisotopic (exact) mass is 435 g/mol. The van der Waals surface area contributed by atoms with Crippen molar-refractivity contribution in [2.45, 2.75) is 25.8 Å². The molecule has 1 atom stereocenters. The Bertz CT molecular complexity index is 1130. The normalized spacial score (nSPS) is 15.5. The summed E-state index contributed by atoms with van der Waals surface area (Å²) in [6.45, 7) is 2.28. The minimum atomic E-state index is -0.564. The van der Waals surface area contributed by atoms with E-state index in [9.17, 15) is 9.59 Å². The highest BCUT2D eigenvalue weighted by Gasteiger charge is 2.36. The van der Waals surface area contributed by atoms with Gasteiger partial charge in [0.05, 0.1) is 25.6 Å². The molecule has 0 spiro atoms. The van der Waals surface area contributed by atoms with Crippen molar-refractivity contribution in [2.75, 3.05) is 26.1 Å². The first-order valence-electron chi connectivity index (χ1n) is 10.3.